The molecule has 0 unspecified atom stereocenters. The summed E-state index contributed by atoms with van der Waals surface area (Å²) in [6, 6.07) is 6.85. The highest BCUT2D eigenvalue weighted by atomic mass is 35.5. The molecule has 0 spiro atoms. The zero-order valence-corrected chi connectivity index (χ0v) is 13.8. The smallest absolute Gasteiger partial charge is 0.253 e. The van der Waals surface area contributed by atoms with Gasteiger partial charge in [-0.1, -0.05) is 11.6 Å². The van der Waals surface area contributed by atoms with Gasteiger partial charge >= 0.3 is 0 Å². The number of halogens is 1. The quantitative estimate of drug-likeness (QED) is 0.852. The molecule has 1 aliphatic heterocycles. The van der Waals surface area contributed by atoms with Gasteiger partial charge in [0, 0.05) is 38.6 Å². The summed E-state index contributed by atoms with van der Waals surface area (Å²) >= 11 is 6.20. The van der Waals surface area contributed by atoms with Crippen molar-refractivity contribution < 1.29 is 9.59 Å². The third kappa shape index (κ3) is 3.74. The van der Waals surface area contributed by atoms with Crippen molar-refractivity contribution in [2.75, 3.05) is 32.7 Å². The fourth-order valence-electron chi connectivity index (χ4n) is 2.53. The van der Waals surface area contributed by atoms with E-state index in [1.54, 1.807) is 46.2 Å². The number of carbonyl (C=O) groups is 2. The van der Waals surface area contributed by atoms with Gasteiger partial charge in [-0.3, -0.25) is 9.59 Å². The van der Waals surface area contributed by atoms with Crippen LogP contribution in [0.4, 0.5) is 0 Å². The van der Waals surface area contributed by atoms with E-state index < -0.39 is 0 Å². The van der Waals surface area contributed by atoms with E-state index in [2.05, 4.69) is 15.7 Å². The molecular weight excluding hydrogens is 330 g/mol. The van der Waals surface area contributed by atoms with Crippen molar-refractivity contribution in [1.82, 2.24) is 25.3 Å². The second-order valence-corrected chi connectivity index (χ2v) is 5.84. The van der Waals surface area contributed by atoms with Crippen LogP contribution < -0.4 is 10.6 Å². The summed E-state index contributed by atoms with van der Waals surface area (Å²) in [5, 5.41) is 10.2. The van der Waals surface area contributed by atoms with Gasteiger partial charge in [0.1, 0.15) is 0 Å². The van der Waals surface area contributed by atoms with Gasteiger partial charge in [-0.2, -0.15) is 5.10 Å². The number of rotatable bonds is 4. The minimum Gasteiger partial charge on any atom is -0.343 e. The average Bonchev–Trinajstić information content (AvgIpc) is 3.14. The standard InChI is InChI=1S/C16H18ClN5O2/c17-14-10-12(22-7-1-4-20-22)2-3-13(14)16(24)19-11-15(23)21-8-5-18-6-9-21/h1-4,7,10,18H,5-6,8-9,11H2,(H,19,24). The molecule has 2 aromatic rings. The maximum Gasteiger partial charge on any atom is 0.253 e. The Kier molecular flexibility index (Phi) is 5.12. The Morgan fingerprint density at radius 1 is 1.29 bits per heavy atom. The summed E-state index contributed by atoms with van der Waals surface area (Å²) in [6.07, 6.45) is 3.45. The molecule has 1 aromatic carbocycles. The molecule has 1 saturated heterocycles. The predicted octanol–water partition coefficient (Wildman–Crippen LogP) is 0.687. The van der Waals surface area contributed by atoms with Crippen LogP contribution in [0.15, 0.2) is 36.7 Å². The van der Waals surface area contributed by atoms with Crippen LogP contribution in [0.2, 0.25) is 5.02 Å². The summed E-state index contributed by atoms with van der Waals surface area (Å²) in [5.41, 5.74) is 1.10. The Bertz CT molecular complexity index is 726. The van der Waals surface area contributed by atoms with Crippen molar-refractivity contribution in [3.63, 3.8) is 0 Å². The highest BCUT2D eigenvalue weighted by Gasteiger charge is 2.18. The molecule has 1 aliphatic rings. The zero-order valence-electron chi connectivity index (χ0n) is 13.0. The Hall–Kier alpha value is -2.38. The van der Waals surface area contributed by atoms with Crippen LogP contribution in [-0.2, 0) is 4.79 Å². The SMILES string of the molecule is O=C(NCC(=O)N1CCNCC1)c1ccc(-n2cccn2)cc1Cl. The molecule has 2 heterocycles. The minimum absolute atomic E-state index is 0.0317. The minimum atomic E-state index is -0.365. The number of piperazine rings is 1. The molecule has 1 aromatic heterocycles. The molecule has 0 atom stereocenters. The van der Waals surface area contributed by atoms with E-state index in [1.165, 1.54) is 0 Å². The van der Waals surface area contributed by atoms with Gasteiger partial charge in [-0.25, -0.2) is 4.68 Å². The van der Waals surface area contributed by atoms with Crippen LogP contribution in [0.3, 0.4) is 0 Å². The number of aromatic nitrogens is 2. The molecule has 24 heavy (non-hydrogen) atoms. The first-order chi connectivity index (χ1) is 11.6. The van der Waals surface area contributed by atoms with Crippen LogP contribution in [0, 0.1) is 0 Å². The van der Waals surface area contributed by atoms with E-state index in [0.29, 0.717) is 23.7 Å². The van der Waals surface area contributed by atoms with E-state index in [-0.39, 0.29) is 18.4 Å². The Labute approximate surface area is 144 Å². The highest BCUT2D eigenvalue weighted by Crippen LogP contribution is 2.20. The lowest BCUT2D eigenvalue weighted by Crippen LogP contribution is -2.49. The molecule has 2 amide bonds. The first kappa shape index (κ1) is 16.5. The molecule has 0 bridgehead atoms. The van der Waals surface area contributed by atoms with Gasteiger partial charge in [0.25, 0.3) is 5.91 Å². The van der Waals surface area contributed by atoms with Crippen LogP contribution in [0.5, 0.6) is 0 Å². The topological polar surface area (TPSA) is 79.3 Å². The summed E-state index contributed by atoms with van der Waals surface area (Å²) in [5.74, 6) is -0.454. The van der Waals surface area contributed by atoms with E-state index >= 15 is 0 Å². The number of hydrogen-bond donors (Lipinski definition) is 2. The molecule has 126 valence electrons. The van der Waals surface area contributed by atoms with Gasteiger partial charge in [-0.05, 0) is 24.3 Å². The van der Waals surface area contributed by atoms with E-state index in [0.717, 1.165) is 18.8 Å². The monoisotopic (exact) mass is 347 g/mol. The van der Waals surface area contributed by atoms with E-state index in [4.69, 9.17) is 11.6 Å². The predicted molar refractivity (Wildman–Crippen MR) is 90.4 cm³/mol. The molecule has 7 nitrogen and oxygen atoms in total. The Balaban J connectivity index is 1.61. The number of amides is 2. The second-order valence-electron chi connectivity index (χ2n) is 5.43. The van der Waals surface area contributed by atoms with Gasteiger partial charge in [-0.15, -0.1) is 0 Å². The van der Waals surface area contributed by atoms with Crippen molar-refractivity contribution in [3.05, 3.63) is 47.2 Å². The normalized spacial score (nSPS) is 14.5. The van der Waals surface area contributed by atoms with Gasteiger partial charge in [0.15, 0.2) is 0 Å². The largest absolute Gasteiger partial charge is 0.343 e. The number of benzene rings is 1. The fraction of sp³-hybridized carbons (Fsp3) is 0.312. The number of nitrogens with zero attached hydrogens (tertiary/aromatic N) is 3. The molecule has 3 rings (SSSR count). The fourth-order valence-corrected chi connectivity index (χ4v) is 2.79. The van der Waals surface area contributed by atoms with Gasteiger partial charge in [0.05, 0.1) is 22.8 Å². The van der Waals surface area contributed by atoms with Crippen molar-refractivity contribution in [2.24, 2.45) is 0 Å². The van der Waals surface area contributed by atoms with Crippen LogP contribution in [0.1, 0.15) is 10.4 Å². The third-order valence-electron chi connectivity index (χ3n) is 3.84. The summed E-state index contributed by atoms with van der Waals surface area (Å²) < 4.78 is 1.65. The lowest BCUT2D eigenvalue weighted by Gasteiger charge is -2.27. The first-order valence-electron chi connectivity index (χ1n) is 7.71. The van der Waals surface area contributed by atoms with Crippen LogP contribution in [0.25, 0.3) is 5.69 Å². The first-order valence-corrected chi connectivity index (χ1v) is 8.09. The number of nitrogens with one attached hydrogen (secondary N) is 2. The van der Waals surface area contributed by atoms with Crippen LogP contribution in [-0.4, -0.2) is 59.2 Å². The molecule has 1 fully saturated rings. The molecular formula is C16H18ClN5O2. The Morgan fingerprint density at radius 3 is 2.75 bits per heavy atom. The average molecular weight is 348 g/mol. The van der Waals surface area contributed by atoms with Crippen molar-refractivity contribution in [1.29, 1.82) is 0 Å². The second kappa shape index (κ2) is 7.46. The Morgan fingerprint density at radius 2 is 2.08 bits per heavy atom. The molecule has 2 N–H and O–H groups in total. The lowest BCUT2D eigenvalue weighted by molar-refractivity contribution is -0.130. The third-order valence-corrected chi connectivity index (χ3v) is 4.15. The highest BCUT2D eigenvalue weighted by molar-refractivity contribution is 6.34. The zero-order chi connectivity index (χ0) is 16.9. The maximum atomic E-state index is 12.2. The summed E-state index contributed by atoms with van der Waals surface area (Å²) in [4.78, 5) is 26.1. The lowest BCUT2D eigenvalue weighted by atomic mass is 10.2. The van der Waals surface area contributed by atoms with Crippen molar-refractivity contribution in [2.45, 2.75) is 0 Å². The number of hydrogen-bond acceptors (Lipinski definition) is 4. The van der Waals surface area contributed by atoms with Crippen LogP contribution >= 0.6 is 11.6 Å². The van der Waals surface area contributed by atoms with Crippen molar-refractivity contribution >= 4 is 23.4 Å². The summed E-state index contributed by atoms with van der Waals surface area (Å²) in [6.45, 7) is 2.85. The molecule has 8 heteroatoms. The number of carbonyl (C=O) groups excluding carboxylic acids is 2. The maximum absolute atomic E-state index is 12.2. The van der Waals surface area contributed by atoms with Gasteiger partial charge in [0.2, 0.25) is 5.91 Å². The van der Waals surface area contributed by atoms with E-state index in [1.807, 2.05) is 0 Å². The molecule has 0 saturated carbocycles. The molecule has 0 aliphatic carbocycles. The molecule has 0 radical (unpaired) electrons. The van der Waals surface area contributed by atoms with E-state index in [9.17, 15) is 9.59 Å². The summed E-state index contributed by atoms with van der Waals surface area (Å²) in [7, 11) is 0. The van der Waals surface area contributed by atoms with Crippen molar-refractivity contribution in [3.8, 4) is 5.69 Å². The van der Waals surface area contributed by atoms with Gasteiger partial charge < -0.3 is 15.5 Å².